The number of nitrogens with zero attached hydrogens (tertiary/aromatic N) is 1. The summed E-state index contributed by atoms with van der Waals surface area (Å²) in [6.07, 6.45) is 0. The van der Waals surface area contributed by atoms with Crippen LogP contribution in [0.1, 0.15) is 13.8 Å². The smallest absolute Gasteiger partial charge is 0.235 e. The van der Waals surface area contributed by atoms with Crippen molar-refractivity contribution in [3.8, 4) is 0 Å². The Morgan fingerprint density at radius 2 is 1.77 bits per heavy atom. The maximum Gasteiger partial charge on any atom is 0.235 e. The Morgan fingerprint density at radius 3 is 1.94 bits per heavy atom. The van der Waals surface area contributed by atoms with Gasteiger partial charge in [-0.1, -0.05) is 30.6 Å². The minimum Gasteiger partial charge on any atom is -0.376 e. The number of carbonyl (C=O) groups is 2. The number of thiocarbonyl (C=S) groups is 4. The number of guanidine groups is 1. The molecular formula is C14H28N10O2S5. The van der Waals surface area contributed by atoms with Gasteiger partial charge in [0, 0.05) is 20.5 Å². The number of nitrogens with two attached hydrogens (primary N) is 4. The molecule has 1 saturated heterocycles. The minimum absolute atomic E-state index is 0.0208. The molecule has 2 amide bonds. The summed E-state index contributed by atoms with van der Waals surface area (Å²) < 4.78 is 0.602. The van der Waals surface area contributed by atoms with Crippen LogP contribution in [-0.2, 0) is 9.59 Å². The summed E-state index contributed by atoms with van der Waals surface area (Å²) in [5, 5.41) is 13.8. The van der Waals surface area contributed by atoms with Crippen molar-refractivity contribution in [3.63, 3.8) is 0 Å². The van der Waals surface area contributed by atoms with Gasteiger partial charge in [-0.15, -0.1) is 0 Å². The quantitative estimate of drug-likeness (QED) is 0.112. The predicted octanol–water partition coefficient (Wildman–Crippen LogP) is -1.84. The number of thioether (sulfide) groups is 1. The third-order valence-electron chi connectivity index (χ3n) is 2.02. The van der Waals surface area contributed by atoms with E-state index in [1.54, 1.807) is 7.05 Å². The zero-order valence-corrected chi connectivity index (χ0v) is 21.3. The lowest BCUT2D eigenvalue weighted by Gasteiger charge is -2.09. The number of amides is 2. The molecule has 1 heterocycles. The topological polar surface area (TPSA) is 211 Å². The number of nitrogens with one attached hydrogen (secondary N) is 5. The van der Waals surface area contributed by atoms with Crippen LogP contribution in [0.3, 0.4) is 0 Å². The number of hydrogen-bond acceptors (Lipinski definition) is 8. The Morgan fingerprint density at radius 1 is 1.23 bits per heavy atom. The summed E-state index contributed by atoms with van der Waals surface area (Å²) in [4.78, 5) is 23.5. The van der Waals surface area contributed by atoms with E-state index in [4.69, 9.17) is 35.2 Å². The SMILES string of the molecule is C=C(NC)NC(=S)NCC.CC(=O)NC(N)=S.NC(=S)N=C(N)N.O=C1CSC(=S)N1. The Hall–Kier alpha value is -2.34. The third kappa shape index (κ3) is 32.5. The second kappa shape index (κ2) is 20.9. The van der Waals surface area contributed by atoms with E-state index in [0.29, 0.717) is 21.0 Å². The van der Waals surface area contributed by atoms with Crippen molar-refractivity contribution in [2.24, 2.45) is 27.9 Å². The molecule has 1 fully saturated rings. The van der Waals surface area contributed by atoms with Crippen molar-refractivity contribution < 1.29 is 9.59 Å². The lowest BCUT2D eigenvalue weighted by molar-refractivity contribution is -0.118. The normalized spacial score (nSPS) is 10.5. The van der Waals surface area contributed by atoms with Crippen LogP contribution < -0.4 is 49.5 Å². The Labute approximate surface area is 207 Å². The molecule has 31 heavy (non-hydrogen) atoms. The van der Waals surface area contributed by atoms with Gasteiger partial charge in [0.25, 0.3) is 0 Å². The summed E-state index contributed by atoms with van der Waals surface area (Å²) in [6.45, 7) is 7.80. The van der Waals surface area contributed by atoms with Crippen molar-refractivity contribution >= 4 is 98.1 Å². The van der Waals surface area contributed by atoms with Gasteiger partial charge in [0.2, 0.25) is 11.8 Å². The molecule has 12 nitrogen and oxygen atoms in total. The van der Waals surface area contributed by atoms with E-state index in [1.807, 2.05) is 6.92 Å². The zero-order valence-electron chi connectivity index (χ0n) is 17.2. The van der Waals surface area contributed by atoms with Gasteiger partial charge in [-0.3, -0.25) is 9.59 Å². The van der Waals surface area contributed by atoms with Crippen LogP contribution in [0.15, 0.2) is 17.4 Å². The maximum absolute atomic E-state index is 10.2. The second-order valence-electron chi connectivity index (χ2n) is 4.76. The summed E-state index contributed by atoms with van der Waals surface area (Å²) in [5.41, 5.74) is 19.5. The molecule has 0 aliphatic carbocycles. The van der Waals surface area contributed by atoms with Crippen molar-refractivity contribution in [2.75, 3.05) is 19.3 Å². The molecule has 0 aromatic rings. The molecule has 176 valence electrons. The molecule has 1 rings (SSSR count). The molecule has 0 spiro atoms. The van der Waals surface area contributed by atoms with Gasteiger partial charge in [-0.2, -0.15) is 4.99 Å². The summed E-state index contributed by atoms with van der Waals surface area (Å²) in [5.74, 6) is 0.889. The largest absolute Gasteiger partial charge is 0.376 e. The summed E-state index contributed by atoms with van der Waals surface area (Å²) >= 11 is 19.5. The number of rotatable bonds is 3. The van der Waals surface area contributed by atoms with Crippen LogP contribution >= 0.6 is 60.6 Å². The molecule has 1 aliphatic heterocycles. The van der Waals surface area contributed by atoms with Crippen molar-refractivity contribution in [1.29, 1.82) is 0 Å². The van der Waals surface area contributed by atoms with Crippen LogP contribution in [-0.4, -0.2) is 56.8 Å². The minimum atomic E-state index is -0.229. The van der Waals surface area contributed by atoms with Crippen LogP contribution in [0, 0.1) is 0 Å². The van der Waals surface area contributed by atoms with E-state index in [1.165, 1.54) is 18.7 Å². The molecule has 0 atom stereocenters. The van der Waals surface area contributed by atoms with Crippen LogP contribution in [0.4, 0.5) is 0 Å². The fourth-order valence-electron chi connectivity index (χ4n) is 1.02. The number of aliphatic imine (C=N–C) groups is 1. The van der Waals surface area contributed by atoms with Crippen LogP contribution in [0.2, 0.25) is 0 Å². The molecule has 0 aromatic heterocycles. The van der Waals surface area contributed by atoms with Crippen molar-refractivity contribution in [1.82, 2.24) is 26.6 Å². The zero-order chi connectivity index (χ0) is 25.0. The lowest BCUT2D eigenvalue weighted by atomic mass is 10.7. The van der Waals surface area contributed by atoms with Crippen LogP contribution in [0.5, 0.6) is 0 Å². The predicted molar refractivity (Wildman–Crippen MR) is 144 cm³/mol. The highest BCUT2D eigenvalue weighted by atomic mass is 32.2. The molecule has 0 unspecified atom stereocenters. The van der Waals surface area contributed by atoms with E-state index in [-0.39, 0.29) is 28.0 Å². The van der Waals surface area contributed by atoms with Gasteiger partial charge in [0.05, 0.1) is 11.6 Å². The number of carbonyl (C=O) groups excluding carboxylic acids is 2. The number of hydrogen-bond donors (Lipinski definition) is 9. The Bertz CT molecular complexity index is 669. The maximum atomic E-state index is 10.2. The highest BCUT2D eigenvalue weighted by Crippen LogP contribution is 2.07. The average molecular weight is 529 g/mol. The molecule has 0 radical (unpaired) electrons. The Balaban J connectivity index is -0.000000342. The highest BCUT2D eigenvalue weighted by molar-refractivity contribution is 8.24. The molecule has 17 heteroatoms. The average Bonchev–Trinajstić information content (AvgIpc) is 2.97. The first-order valence-electron chi connectivity index (χ1n) is 8.09. The van der Waals surface area contributed by atoms with E-state index < -0.39 is 0 Å². The first-order valence-corrected chi connectivity index (χ1v) is 10.7. The monoisotopic (exact) mass is 528 g/mol. The van der Waals surface area contributed by atoms with Crippen molar-refractivity contribution in [3.05, 3.63) is 12.4 Å². The Kier molecular flexibility index (Phi) is 22.5. The van der Waals surface area contributed by atoms with Gasteiger partial charge in [0.1, 0.15) is 4.32 Å². The van der Waals surface area contributed by atoms with Crippen LogP contribution in [0.25, 0.3) is 0 Å². The van der Waals surface area contributed by atoms with Gasteiger partial charge in [-0.05, 0) is 43.6 Å². The third-order valence-corrected chi connectivity index (χ3v) is 3.68. The van der Waals surface area contributed by atoms with Gasteiger partial charge < -0.3 is 49.5 Å². The van der Waals surface area contributed by atoms with Gasteiger partial charge in [0.15, 0.2) is 21.3 Å². The molecule has 0 aromatic carbocycles. The van der Waals surface area contributed by atoms with E-state index in [9.17, 15) is 9.59 Å². The van der Waals surface area contributed by atoms with Crippen molar-refractivity contribution in [2.45, 2.75) is 13.8 Å². The molecule has 1 aliphatic rings. The molecular weight excluding hydrogens is 501 g/mol. The summed E-state index contributed by atoms with van der Waals surface area (Å²) in [6, 6.07) is 0. The molecule has 0 saturated carbocycles. The first-order chi connectivity index (χ1) is 14.2. The van der Waals surface area contributed by atoms with E-state index in [2.05, 4.69) is 74.8 Å². The van der Waals surface area contributed by atoms with Gasteiger partial charge >= 0.3 is 0 Å². The fraction of sp³-hybridized carbons (Fsp3) is 0.357. The fourth-order valence-corrected chi connectivity index (χ4v) is 2.35. The molecule has 0 bridgehead atoms. The standard InChI is InChI=1S/C6H13N3S.C3H6N2OS.C3H3NOS2.C2H6N4S/c1-4-8-6(10)9-5(2)7-3;1-2(6)5-3(4)7;5-2-1-7-3(6)4-2;3-1(4)6-2(5)7/h7H,2,4H2,1,3H3,(H2,8,9,10);1H3,(H3,4,5,6,7);1H2,(H,4,5,6);(H6,3,4,5,6,7). The second-order valence-corrected chi connectivity index (χ2v) is 7.68. The molecule has 13 N–H and O–H groups in total. The lowest BCUT2D eigenvalue weighted by Crippen LogP contribution is -2.37. The van der Waals surface area contributed by atoms with Gasteiger partial charge in [-0.25, -0.2) is 0 Å². The van der Waals surface area contributed by atoms with E-state index in [0.717, 1.165) is 6.54 Å². The summed E-state index contributed by atoms with van der Waals surface area (Å²) in [7, 11) is 1.78. The first kappa shape index (κ1) is 33.3. The highest BCUT2D eigenvalue weighted by Gasteiger charge is 2.13. The van der Waals surface area contributed by atoms with E-state index >= 15 is 0 Å².